The monoisotopic (exact) mass is 200 g/mol. The average Bonchev–Trinajstić information content (AvgIpc) is 1.96. The van der Waals surface area contributed by atoms with Gasteiger partial charge in [0, 0.05) is 20.3 Å². The van der Waals surface area contributed by atoms with Gasteiger partial charge >= 0.3 is 16.2 Å². The van der Waals surface area contributed by atoms with Crippen molar-refractivity contribution in [2.24, 2.45) is 0 Å². The molecule has 0 fully saturated rings. The standard InChI is InChI=1S/C5H12BF3O2Si/c1-10-6(11-2)4-3-5-12(7,8)9/h3-5H2,1-2H3. The van der Waals surface area contributed by atoms with E-state index in [0.717, 1.165) is 0 Å². The van der Waals surface area contributed by atoms with Gasteiger partial charge in [0.2, 0.25) is 0 Å². The Labute approximate surface area is 71.7 Å². The maximum atomic E-state index is 11.8. The lowest BCUT2D eigenvalue weighted by Crippen LogP contribution is -2.20. The number of hydrogen-bond donors (Lipinski definition) is 0. The number of hydrogen-bond acceptors (Lipinski definition) is 2. The quantitative estimate of drug-likeness (QED) is 0.482. The van der Waals surface area contributed by atoms with Crippen LogP contribution >= 0.6 is 0 Å². The molecule has 72 valence electrons. The molecule has 12 heavy (non-hydrogen) atoms. The molecule has 0 saturated carbocycles. The van der Waals surface area contributed by atoms with Crippen LogP contribution in [-0.4, -0.2) is 30.4 Å². The predicted octanol–water partition coefficient (Wildman–Crippen LogP) is 2.00. The molecule has 0 aliphatic rings. The molecule has 0 bridgehead atoms. The van der Waals surface area contributed by atoms with E-state index in [1.165, 1.54) is 14.2 Å². The van der Waals surface area contributed by atoms with Crippen molar-refractivity contribution in [1.82, 2.24) is 0 Å². The first-order valence-electron chi connectivity index (χ1n) is 3.62. The first-order valence-corrected chi connectivity index (χ1v) is 5.46. The Balaban J connectivity index is 3.41. The highest BCUT2D eigenvalue weighted by Crippen LogP contribution is 2.19. The Bertz CT molecular complexity index is 118. The molecular formula is C5H12BF3O2Si. The van der Waals surface area contributed by atoms with Crippen molar-refractivity contribution < 1.29 is 21.6 Å². The second-order valence-electron chi connectivity index (χ2n) is 2.41. The van der Waals surface area contributed by atoms with Crippen LogP contribution in [0.4, 0.5) is 12.3 Å². The van der Waals surface area contributed by atoms with Crippen molar-refractivity contribution in [1.29, 1.82) is 0 Å². The zero-order valence-corrected chi connectivity index (χ0v) is 8.15. The van der Waals surface area contributed by atoms with E-state index in [-0.39, 0.29) is 6.42 Å². The van der Waals surface area contributed by atoms with Gasteiger partial charge in [-0.05, 0) is 12.7 Å². The van der Waals surface area contributed by atoms with Gasteiger partial charge in [0.1, 0.15) is 0 Å². The van der Waals surface area contributed by atoms with E-state index in [9.17, 15) is 12.3 Å². The van der Waals surface area contributed by atoms with E-state index in [1.54, 1.807) is 0 Å². The van der Waals surface area contributed by atoms with Gasteiger partial charge in [-0.15, -0.1) is 0 Å². The molecule has 0 saturated heterocycles. The molecule has 0 amide bonds. The van der Waals surface area contributed by atoms with E-state index in [0.29, 0.717) is 6.32 Å². The zero-order chi connectivity index (χ0) is 9.61. The highest BCUT2D eigenvalue weighted by molar-refractivity contribution is 6.58. The van der Waals surface area contributed by atoms with Crippen LogP contribution in [0, 0.1) is 0 Å². The van der Waals surface area contributed by atoms with E-state index < -0.39 is 22.2 Å². The van der Waals surface area contributed by atoms with Crippen LogP contribution in [0.5, 0.6) is 0 Å². The van der Waals surface area contributed by atoms with E-state index >= 15 is 0 Å². The van der Waals surface area contributed by atoms with Crippen molar-refractivity contribution in [3.05, 3.63) is 0 Å². The van der Waals surface area contributed by atoms with Crippen molar-refractivity contribution in [3.8, 4) is 0 Å². The maximum Gasteiger partial charge on any atom is 0.616 e. The summed E-state index contributed by atoms with van der Waals surface area (Å²) in [6, 6.07) is -0.643. The Hall–Kier alpha value is -0.00818. The summed E-state index contributed by atoms with van der Waals surface area (Å²) in [7, 11) is -3.03. The average molecular weight is 200 g/mol. The molecule has 0 aromatic heterocycles. The molecular weight excluding hydrogens is 188 g/mol. The Morgan fingerprint density at radius 1 is 1.17 bits per heavy atom. The lowest BCUT2D eigenvalue weighted by molar-refractivity contribution is 0.277. The molecule has 0 aromatic rings. The van der Waals surface area contributed by atoms with Gasteiger partial charge in [0.05, 0.1) is 0 Å². The predicted molar refractivity (Wildman–Crippen MR) is 43.1 cm³/mol. The molecule has 0 radical (unpaired) electrons. The summed E-state index contributed by atoms with van der Waals surface area (Å²) in [6.07, 6.45) is 0.404. The second kappa shape index (κ2) is 5.61. The van der Waals surface area contributed by atoms with Crippen molar-refractivity contribution >= 4 is 16.2 Å². The third kappa shape index (κ3) is 6.69. The Kier molecular flexibility index (Phi) is 5.60. The molecule has 0 heterocycles. The molecule has 0 spiro atoms. The first-order chi connectivity index (χ1) is 5.49. The zero-order valence-electron chi connectivity index (χ0n) is 7.15. The minimum atomic E-state index is -5.36. The molecule has 0 aromatic carbocycles. The third-order valence-corrected chi connectivity index (χ3v) is 2.35. The van der Waals surface area contributed by atoms with Crippen molar-refractivity contribution in [3.63, 3.8) is 0 Å². The summed E-state index contributed by atoms with van der Waals surface area (Å²) in [5.41, 5.74) is 0. The van der Waals surface area contributed by atoms with Gasteiger partial charge in [0.25, 0.3) is 0 Å². The van der Waals surface area contributed by atoms with Gasteiger partial charge in [-0.1, -0.05) is 0 Å². The Morgan fingerprint density at radius 2 is 1.67 bits per heavy atom. The van der Waals surface area contributed by atoms with Gasteiger partial charge in [0.15, 0.2) is 0 Å². The molecule has 0 N–H and O–H groups in total. The minimum absolute atomic E-state index is 0.0993. The van der Waals surface area contributed by atoms with Gasteiger partial charge in [-0.2, -0.15) is 0 Å². The van der Waals surface area contributed by atoms with Crippen LogP contribution in [0.25, 0.3) is 0 Å². The summed E-state index contributed by atoms with van der Waals surface area (Å²) in [5, 5.41) is 0. The lowest BCUT2D eigenvalue weighted by atomic mass is 9.83. The summed E-state index contributed by atoms with van der Waals surface area (Å²) in [5.74, 6) is 0. The SMILES string of the molecule is COB(CCC[Si](F)(F)F)OC. The Morgan fingerprint density at radius 3 is 2.00 bits per heavy atom. The fourth-order valence-electron chi connectivity index (χ4n) is 0.801. The van der Waals surface area contributed by atoms with Crippen LogP contribution in [0.1, 0.15) is 6.42 Å². The first kappa shape index (κ1) is 12.0. The fraction of sp³-hybridized carbons (Fsp3) is 1.00. The number of halogens is 3. The molecule has 0 aliphatic carbocycles. The van der Waals surface area contributed by atoms with Crippen LogP contribution in [-0.2, 0) is 9.31 Å². The van der Waals surface area contributed by atoms with Crippen LogP contribution in [0.3, 0.4) is 0 Å². The molecule has 2 nitrogen and oxygen atoms in total. The lowest BCUT2D eigenvalue weighted by Gasteiger charge is -2.07. The topological polar surface area (TPSA) is 18.5 Å². The molecule has 7 heteroatoms. The number of rotatable bonds is 6. The van der Waals surface area contributed by atoms with E-state index in [1.807, 2.05) is 0 Å². The van der Waals surface area contributed by atoms with Crippen LogP contribution in [0.15, 0.2) is 0 Å². The smallest absolute Gasteiger partial charge is 0.414 e. The highest BCUT2D eigenvalue weighted by atomic mass is 28.5. The van der Waals surface area contributed by atoms with E-state index in [2.05, 4.69) is 0 Å². The van der Waals surface area contributed by atoms with E-state index in [4.69, 9.17) is 9.31 Å². The molecule has 0 rings (SSSR count). The van der Waals surface area contributed by atoms with Crippen LogP contribution < -0.4 is 0 Å². The summed E-state index contributed by atoms with van der Waals surface area (Å²) in [4.78, 5) is 0. The highest BCUT2D eigenvalue weighted by Gasteiger charge is 2.36. The largest absolute Gasteiger partial charge is 0.616 e. The van der Waals surface area contributed by atoms with Crippen molar-refractivity contribution in [2.75, 3.05) is 14.2 Å². The molecule has 0 unspecified atom stereocenters. The summed E-state index contributed by atoms with van der Waals surface area (Å²) in [6.45, 7) is 0. The maximum absolute atomic E-state index is 11.8. The summed E-state index contributed by atoms with van der Waals surface area (Å²) >= 11 is 0. The van der Waals surface area contributed by atoms with Gasteiger partial charge in [-0.3, -0.25) is 0 Å². The minimum Gasteiger partial charge on any atom is -0.414 e. The van der Waals surface area contributed by atoms with Crippen molar-refractivity contribution in [2.45, 2.75) is 18.8 Å². The summed E-state index contributed by atoms with van der Waals surface area (Å²) < 4.78 is 44.8. The third-order valence-electron chi connectivity index (χ3n) is 1.43. The second-order valence-corrected chi connectivity index (χ2v) is 4.14. The molecule has 0 aliphatic heterocycles. The van der Waals surface area contributed by atoms with Gasteiger partial charge in [-0.25, -0.2) is 12.3 Å². The normalized spacial score (nSPS) is 11.8. The fourth-order valence-corrected chi connectivity index (χ4v) is 1.41. The molecule has 0 atom stereocenters. The van der Waals surface area contributed by atoms with Crippen LogP contribution in [0.2, 0.25) is 12.4 Å². The van der Waals surface area contributed by atoms with Gasteiger partial charge < -0.3 is 9.31 Å².